The molecule has 4 aliphatic carbocycles. The van der Waals surface area contributed by atoms with Gasteiger partial charge in [0.05, 0.1) is 6.04 Å². The molecule has 1 aromatic heterocycles. The van der Waals surface area contributed by atoms with Gasteiger partial charge in [0.15, 0.2) is 0 Å². The van der Waals surface area contributed by atoms with Crippen LogP contribution in [-0.4, -0.2) is 7.05 Å². The van der Waals surface area contributed by atoms with Crippen LogP contribution in [0.25, 0.3) is 44.0 Å². The van der Waals surface area contributed by atoms with E-state index >= 15 is 0 Å². The normalized spacial score (nSPS) is 20.8. The first-order chi connectivity index (χ1) is 24.3. The molecule has 0 radical (unpaired) electrons. The predicted molar refractivity (Wildman–Crippen MR) is 214 cm³/mol. The smallest absolute Gasteiger partial charge is 0.0673 e. The first-order valence-corrected chi connectivity index (χ1v) is 18.9. The zero-order valence-corrected chi connectivity index (χ0v) is 30.1. The van der Waals surface area contributed by atoms with Crippen molar-refractivity contribution in [2.45, 2.75) is 56.9 Å². The van der Waals surface area contributed by atoms with E-state index < -0.39 is 0 Å². The second-order valence-corrected chi connectivity index (χ2v) is 16.7. The van der Waals surface area contributed by atoms with Gasteiger partial charge in [-0.05, 0) is 93.1 Å². The van der Waals surface area contributed by atoms with Crippen LogP contribution in [0, 0.1) is 0 Å². The molecule has 2 unspecified atom stereocenters. The molecule has 0 aliphatic heterocycles. The van der Waals surface area contributed by atoms with Crippen LogP contribution in [0.4, 0.5) is 5.69 Å². The number of fused-ring (bicyclic) bond motifs is 8. The van der Waals surface area contributed by atoms with E-state index in [-0.39, 0.29) is 16.9 Å². The van der Waals surface area contributed by atoms with Crippen LogP contribution in [0.2, 0.25) is 0 Å². The quantitative estimate of drug-likeness (QED) is 0.181. The molecule has 1 nitrogen and oxygen atoms in total. The van der Waals surface area contributed by atoms with Gasteiger partial charge in [0, 0.05) is 44.1 Å². The third-order valence-electron chi connectivity index (χ3n) is 12.3. The molecular formula is C48H41NS. The fourth-order valence-electron chi connectivity index (χ4n) is 9.53. The molecule has 2 heteroatoms. The van der Waals surface area contributed by atoms with Gasteiger partial charge in [-0.15, -0.1) is 11.3 Å². The van der Waals surface area contributed by atoms with Crippen molar-refractivity contribution in [3.8, 4) is 22.3 Å². The number of rotatable bonds is 4. The Morgan fingerprint density at radius 3 is 2.36 bits per heavy atom. The van der Waals surface area contributed by atoms with Crippen LogP contribution in [0.1, 0.15) is 77.9 Å². The Balaban J connectivity index is 0.990. The number of hydrogen-bond donors (Lipinski definition) is 0. The molecule has 0 bridgehead atoms. The zero-order chi connectivity index (χ0) is 33.8. The van der Waals surface area contributed by atoms with Gasteiger partial charge in [-0.2, -0.15) is 0 Å². The van der Waals surface area contributed by atoms with E-state index in [0.717, 1.165) is 19.3 Å². The largest absolute Gasteiger partial charge is 0.366 e. The van der Waals surface area contributed by atoms with E-state index in [1.54, 1.807) is 5.57 Å². The van der Waals surface area contributed by atoms with Gasteiger partial charge in [0.1, 0.15) is 0 Å². The summed E-state index contributed by atoms with van der Waals surface area (Å²) in [6, 6.07) is 41.6. The Kier molecular flexibility index (Phi) is 6.46. The number of hydrogen-bond acceptors (Lipinski definition) is 2. The molecule has 0 spiro atoms. The van der Waals surface area contributed by atoms with Crippen LogP contribution in [0.5, 0.6) is 0 Å². The molecule has 0 saturated carbocycles. The summed E-state index contributed by atoms with van der Waals surface area (Å²) in [5, 5.41) is 1.38. The van der Waals surface area contributed by atoms with Crippen molar-refractivity contribution in [1.29, 1.82) is 0 Å². The summed E-state index contributed by atoms with van der Waals surface area (Å²) in [6.07, 6.45) is 12.8. The molecule has 50 heavy (non-hydrogen) atoms. The molecule has 6 aromatic rings. The molecule has 10 rings (SSSR count). The van der Waals surface area contributed by atoms with Gasteiger partial charge < -0.3 is 4.90 Å². The lowest BCUT2D eigenvalue weighted by Gasteiger charge is -2.32. The Labute approximate surface area is 299 Å². The van der Waals surface area contributed by atoms with Crippen LogP contribution >= 0.6 is 11.3 Å². The average Bonchev–Trinajstić information content (AvgIpc) is 3.78. The van der Waals surface area contributed by atoms with Crippen molar-refractivity contribution in [3.05, 3.63) is 171 Å². The minimum absolute atomic E-state index is 0.00385. The third kappa shape index (κ3) is 4.31. The van der Waals surface area contributed by atoms with Gasteiger partial charge in [0.2, 0.25) is 0 Å². The standard InChI is InChI=1S/C48H41NS/c1-47(2)41-17-9-7-15-37(41)40-27-31(20-23-42(40)47)36-14-8-10-18-43(36)49(4)44-19-11-16-39-38-22-21-33(28-45(38)50-46(39)44)48(3)25-24-35-32(29-48)26-30-12-5-6-13-34(30)35/h5-18,20-25,27-28,44H,19,26,29H2,1-4H3. The molecule has 0 amide bonds. The van der Waals surface area contributed by atoms with E-state index in [1.165, 1.54) is 81.9 Å². The maximum absolute atomic E-state index is 2.54. The van der Waals surface area contributed by atoms with E-state index in [4.69, 9.17) is 0 Å². The first-order valence-electron chi connectivity index (χ1n) is 18.1. The van der Waals surface area contributed by atoms with E-state index in [9.17, 15) is 0 Å². The maximum Gasteiger partial charge on any atom is 0.0673 e. The minimum Gasteiger partial charge on any atom is -0.366 e. The highest BCUT2D eigenvalue weighted by atomic mass is 32.1. The van der Waals surface area contributed by atoms with Crippen LogP contribution in [0.15, 0.2) is 133 Å². The van der Waals surface area contributed by atoms with Gasteiger partial charge in [0.25, 0.3) is 0 Å². The topological polar surface area (TPSA) is 3.24 Å². The molecule has 1 heterocycles. The van der Waals surface area contributed by atoms with Crippen LogP contribution in [-0.2, 0) is 17.3 Å². The summed E-state index contributed by atoms with van der Waals surface area (Å²) in [6.45, 7) is 7.14. The summed E-state index contributed by atoms with van der Waals surface area (Å²) in [5.74, 6) is 0. The highest BCUT2D eigenvalue weighted by molar-refractivity contribution is 7.19. The second kappa shape index (κ2) is 10.8. The van der Waals surface area contributed by atoms with Gasteiger partial charge in [-0.1, -0.05) is 142 Å². The highest BCUT2D eigenvalue weighted by Crippen LogP contribution is 2.52. The SMILES string of the molecule is CN(c1ccccc1-c1ccc2c(c1)-c1ccccc1C2(C)C)C1CC=Cc2c1sc1cc(C3(C)C=CC4=C(Cc5ccccc54)C3)ccc21. The molecule has 4 aliphatic rings. The van der Waals surface area contributed by atoms with Crippen LogP contribution in [0.3, 0.4) is 0 Å². The van der Waals surface area contributed by atoms with E-state index in [2.05, 4.69) is 166 Å². The molecule has 0 fully saturated rings. The van der Waals surface area contributed by atoms with Crippen LogP contribution < -0.4 is 4.90 Å². The van der Waals surface area contributed by atoms with Gasteiger partial charge >= 0.3 is 0 Å². The average molecular weight is 664 g/mol. The summed E-state index contributed by atoms with van der Waals surface area (Å²) in [4.78, 5) is 4.01. The second-order valence-electron chi connectivity index (χ2n) is 15.6. The monoisotopic (exact) mass is 663 g/mol. The predicted octanol–water partition coefficient (Wildman–Crippen LogP) is 12.7. The van der Waals surface area contributed by atoms with Crippen molar-refractivity contribution in [3.63, 3.8) is 0 Å². The fourth-order valence-corrected chi connectivity index (χ4v) is 10.9. The Bertz CT molecular complexity index is 2480. The summed E-state index contributed by atoms with van der Waals surface area (Å²) in [7, 11) is 2.30. The zero-order valence-electron chi connectivity index (χ0n) is 29.3. The highest BCUT2D eigenvalue weighted by Gasteiger charge is 2.36. The van der Waals surface area contributed by atoms with Crippen molar-refractivity contribution >= 4 is 38.8 Å². The molecule has 244 valence electrons. The lowest BCUT2D eigenvalue weighted by atomic mass is 9.73. The number of thiophene rings is 1. The fraction of sp³-hybridized carbons (Fsp3) is 0.208. The maximum atomic E-state index is 2.54. The summed E-state index contributed by atoms with van der Waals surface area (Å²) >= 11 is 2.00. The summed E-state index contributed by atoms with van der Waals surface area (Å²) < 4.78 is 1.40. The van der Waals surface area contributed by atoms with Gasteiger partial charge in [-0.25, -0.2) is 0 Å². The van der Waals surface area contributed by atoms with Gasteiger partial charge in [-0.3, -0.25) is 0 Å². The Morgan fingerprint density at radius 2 is 1.48 bits per heavy atom. The molecule has 0 saturated heterocycles. The number of nitrogens with zero attached hydrogens (tertiary/aromatic N) is 1. The van der Waals surface area contributed by atoms with E-state index in [1.807, 2.05) is 11.3 Å². The number of allylic oxidation sites excluding steroid dienone is 4. The van der Waals surface area contributed by atoms with E-state index in [0.29, 0.717) is 0 Å². The number of para-hydroxylation sites is 1. The van der Waals surface area contributed by atoms with Crippen molar-refractivity contribution in [1.82, 2.24) is 0 Å². The minimum atomic E-state index is -0.00385. The Morgan fingerprint density at radius 1 is 0.720 bits per heavy atom. The van der Waals surface area contributed by atoms with Crippen molar-refractivity contribution in [2.75, 3.05) is 11.9 Å². The van der Waals surface area contributed by atoms with Crippen molar-refractivity contribution in [2.24, 2.45) is 0 Å². The first kappa shape index (κ1) is 29.9. The van der Waals surface area contributed by atoms with Crippen molar-refractivity contribution < 1.29 is 0 Å². The third-order valence-corrected chi connectivity index (χ3v) is 13.6. The Hall–Kier alpha value is -4.92. The summed E-state index contributed by atoms with van der Waals surface area (Å²) in [5.41, 5.74) is 18.2. The molecule has 0 N–H and O–H groups in total. The molecule has 2 atom stereocenters. The lowest BCUT2D eigenvalue weighted by molar-refractivity contribution is 0.579. The lowest BCUT2D eigenvalue weighted by Crippen LogP contribution is -2.25. The number of anilines is 1. The molecular weight excluding hydrogens is 623 g/mol. The molecule has 5 aromatic carbocycles. The number of benzene rings is 5.